The second-order valence-corrected chi connectivity index (χ2v) is 7.45. The van der Waals surface area contributed by atoms with Crippen LogP contribution in [0.2, 0.25) is 10.0 Å². The zero-order chi connectivity index (χ0) is 17.2. The van der Waals surface area contributed by atoms with Crippen molar-refractivity contribution < 1.29 is 13.2 Å². The first kappa shape index (κ1) is 17.9. The Morgan fingerprint density at radius 2 is 1.87 bits per heavy atom. The van der Waals surface area contributed by atoms with Gasteiger partial charge >= 0.3 is 0 Å². The summed E-state index contributed by atoms with van der Waals surface area (Å²) in [6.45, 7) is 3.81. The van der Waals surface area contributed by atoms with Crippen molar-refractivity contribution in [3.63, 3.8) is 0 Å². The van der Waals surface area contributed by atoms with Crippen molar-refractivity contribution in [3.05, 3.63) is 51.5 Å². The zero-order valence-electron chi connectivity index (χ0n) is 13.0. The number of sulfonamides is 1. The topological polar surface area (TPSA) is 55.4 Å². The predicted octanol–water partition coefficient (Wildman–Crippen LogP) is 4.67. The lowest BCUT2D eigenvalue weighted by Gasteiger charge is -2.16. The van der Waals surface area contributed by atoms with Crippen LogP contribution in [0.15, 0.2) is 35.2 Å². The lowest BCUT2D eigenvalue weighted by Crippen LogP contribution is -2.15. The molecule has 0 aliphatic heterocycles. The minimum atomic E-state index is -3.87. The Morgan fingerprint density at radius 3 is 2.48 bits per heavy atom. The van der Waals surface area contributed by atoms with Crippen molar-refractivity contribution >= 4 is 38.9 Å². The standard InChI is InChI=1S/C16H17Cl2NO3S/c1-4-11-7-5-6-10(2)16(11)19-23(20,21)15-9-12(17)14(22-3)8-13(15)18/h5-9,19H,4H2,1-3H3. The van der Waals surface area contributed by atoms with Gasteiger partial charge in [0, 0.05) is 6.07 Å². The number of benzene rings is 2. The summed E-state index contributed by atoms with van der Waals surface area (Å²) in [7, 11) is -2.43. The summed E-state index contributed by atoms with van der Waals surface area (Å²) < 4.78 is 33.1. The van der Waals surface area contributed by atoms with Gasteiger partial charge < -0.3 is 4.74 Å². The molecule has 2 aromatic carbocycles. The largest absolute Gasteiger partial charge is 0.495 e. The van der Waals surface area contributed by atoms with Crippen molar-refractivity contribution in [2.24, 2.45) is 0 Å². The van der Waals surface area contributed by atoms with Gasteiger partial charge in [0.25, 0.3) is 10.0 Å². The number of methoxy groups -OCH3 is 1. The molecule has 0 atom stereocenters. The maximum Gasteiger partial charge on any atom is 0.263 e. The summed E-state index contributed by atoms with van der Waals surface area (Å²) in [5, 5.41) is 0.225. The van der Waals surface area contributed by atoms with E-state index < -0.39 is 10.0 Å². The molecule has 2 rings (SSSR count). The van der Waals surface area contributed by atoms with Crippen molar-refractivity contribution in [1.82, 2.24) is 0 Å². The summed E-state index contributed by atoms with van der Waals surface area (Å²) in [6.07, 6.45) is 0.705. The second-order valence-electron chi connectivity index (χ2n) is 4.99. The van der Waals surface area contributed by atoms with Gasteiger partial charge in [-0.3, -0.25) is 4.72 Å². The Hall–Kier alpha value is -1.43. The van der Waals surface area contributed by atoms with Crippen LogP contribution in [0.5, 0.6) is 5.75 Å². The summed E-state index contributed by atoms with van der Waals surface area (Å²) in [5.74, 6) is 0.320. The average Bonchev–Trinajstić information content (AvgIpc) is 2.50. The first-order valence-electron chi connectivity index (χ1n) is 6.94. The molecule has 4 nitrogen and oxygen atoms in total. The van der Waals surface area contributed by atoms with Crippen LogP contribution in [0.4, 0.5) is 5.69 Å². The number of anilines is 1. The second kappa shape index (κ2) is 6.99. The monoisotopic (exact) mass is 373 g/mol. The van der Waals surface area contributed by atoms with Crippen LogP contribution in [-0.4, -0.2) is 15.5 Å². The van der Waals surface area contributed by atoms with E-state index in [1.807, 2.05) is 32.0 Å². The first-order chi connectivity index (χ1) is 10.8. The highest BCUT2D eigenvalue weighted by Gasteiger charge is 2.22. The van der Waals surface area contributed by atoms with Gasteiger partial charge in [0.05, 0.1) is 22.8 Å². The van der Waals surface area contributed by atoms with E-state index in [1.165, 1.54) is 19.2 Å². The van der Waals surface area contributed by atoms with E-state index in [2.05, 4.69) is 4.72 Å². The highest BCUT2D eigenvalue weighted by Crippen LogP contribution is 2.35. The minimum absolute atomic E-state index is 0.0467. The van der Waals surface area contributed by atoms with Gasteiger partial charge in [-0.15, -0.1) is 0 Å². The smallest absolute Gasteiger partial charge is 0.263 e. The molecule has 7 heteroatoms. The van der Waals surface area contributed by atoms with Crippen LogP contribution < -0.4 is 9.46 Å². The molecule has 0 unspecified atom stereocenters. The molecule has 0 amide bonds. The number of hydrogen-bond donors (Lipinski definition) is 1. The third-order valence-electron chi connectivity index (χ3n) is 3.47. The van der Waals surface area contributed by atoms with Crippen molar-refractivity contribution in [2.45, 2.75) is 25.2 Å². The Kier molecular flexibility index (Phi) is 5.45. The van der Waals surface area contributed by atoms with Gasteiger partial charge in [-0.1, -0.05) is 48.3 Å². The van der Waals surface area contributed by atoms with Crippen molar-refractivity contribution in [2.75, 3.05) is 11.8 Å². The molecule has 0 spiro atoms. The van der Waals surface area contributed by atoms with Crippen LogP contribution in [0, 0.1) is 6.92 Å². The zero-order valence-corrected chi connectivity index (χ0v) is 15.3. The van der Waals surface area contributed by atoms with Crippen molar-refractivity contribution in [3.8, 4) is 5.75 Å². The molecule has 0 saturated heterocycles. The molecule has 1 N–H and O–H groups in total. The quantitative estimate of drug-likeness (QED) is 0.827. The number of aryl methyl sites for hydroxylation is 2. The maximum absolute atomic E-state index is 12.7. The van der Waals surface area contributed by atoms with E-state index in [1.54, 1.807) is 0 Å². The summed E-state index contributed by atoms with van der Waals surface area (Å²) >= 11 is 12.1. The normalized spacial score (nSPS) is 11.3. The molecule has 124 valence electrons. The van der Waals surface area contributed by atoms with Crippen LogP contribution >= 0.6 is 23.2 Å². The molecular formula is C16H17Cl2NO3S. The molecule has 0 aliphatic rings. The molecule has 0 saturated carbocycles. The average molecular weight is 374 g/mol. The number of ether oxygens (including phenoxy) is 1. The summed E-state index contributed by atoms with van der Waals surface area (Å²) in [4.78, 5) is -0.0877. The highest BCUT2D eigenvalue weighted by atomic mass is 35.5. The molecule has 0 aliphatic carbocycles. The fourth-order valence-corrected chi connectivity index (χ4v) is 4.25. The van der Waals surface area contributed by atoms with Gasteiger partial charge in [-0.2, -0.15) is 0 Å². The van der Waals surface area contributed by atoms with Crippen LogP contribution in [0.1, 0.15) is 18.1 Å². The molecule has 23 heavy (non-hydrogen) atoms. The van der Waals surface area contributed by atoms with Gasteiger partial charge in [0.2, 0.25) is 0 Å². The van der Waals surface area contributed by atoms with E-state index in [4.69, 9.17) is 27.9 Å². The van der Waals surface area contributed by atoms with Gasteiger partial charge in [-0.05, 0) is 30.5 Å². The number of rotatable bonds is 5. The maximum atomic E-state index is 12.7. The van der Waals surface area contributed by atoms with Gasteiger partial charge in [0.1, 0.15) is 10.6 Å². The number of para-hydroxylation sites is 1. The van der Waals surface area contributed by atoms with E-state index >= 15 is 0 Å². The Morgan fingerprint density at radius 1 is 1.17 bits per heavy atom. The highest BCUT2D eigenvalue weighted by molar-refractivity contribution is 7.92. The molecule has 0 fully saturated rings. The molecule has 0 aromatic heterocycles. The predicted molar refractivity (Wildman–Crippen MR) is 94.4 cm³/mol. The Bertz CT molecular complexity index is 835. The molecule has 0 heterocycles. The molecule has 0 bridgehead atoms. The fourth-order valence-electron chi connectivity index (χ4n) is 2.23. The van der Waals surface area contributed by atoms with Crippen molar-refractivity contribution in [1.29, 1.82) is 0 Å². The number of halogens is 2. The van der Waals surface area contributed by atoms with E-state index in [0.717, 1.165) is 11.1 Å². The minimum Gasteiger partial charge on any atom is -0.495 e. The lowest BCUT2D eigenvalue weighted by molar-refractivity contribution is 0.414. The SMILES string of the molecule is CCc1cccc(C)c1NS(=O)(=O)c1cc(Cl)c(OC)cc1Cl. The van der Waals surface area contributed by atoms with E-state index in [-0.39, 0.29) is 14.9 Å². The third kappa shape index (κ3) is 3.74. The van der Waals surface area contributed by atoms with Crippen LogP contribution in [-0.2, 0) is 16.4 Å². The Labute approximate surface area is 146 Å². The van der Waals surface area contributed by atoms with E-state index in [0.29, 0.717) is 17.9 Å². The van der Waals surface area contributed by atoms with Crippen LogP contribution in [0.3, 0.4) is 0 Å². The molecule has 0 radical (unpaired) electrons. The van der Waals surface area contributed by atoms with Gasteiger partial charge in [-0.25, -0.2) is 8.42 Å². The third-order valence-corrected chi connectivity index (χ3v) is 5.58. The number of nitrogens with one attached hydrogen (secondary N) is 1. The Balaban J connectivity index is 2.51. The summed E-state index contributed by atoms with van der Waals surface area (Å²) in [6, 6.07) is 8.29. The number of hydrogen-bond acceptors (Lipinski definition) is 3. The summed E-state index contributed by atoms with van der Waals surface area (Å²) in [5.41, 5.74) is 2.31. The molecular weight excluding hydrogens is 357 g/mol. The van der Waals surface area contributed by atoms with Crippen LogP contribution in [0.25, 0.3) is 0 Å². The first-order valence-corrected chi connectivity index (χ1v) is 9.18. The lowest BCUT2D eigenvalue weighted by atomic mass is 10.1. The van der Waals surface area contributed by atoms with E-state index in [9.17, 15) is 8.42 Å². The van der Waals surface area contributed by atoms with Gasteiger partial charge in [0.15, 0.2) is 0 Å². The fraction of sp³-hybridized carbons (Fsp3) is 0.250. The molecule has 2 aromatic rings.